The monoisotopic (exact) mass is 711 g/mol. The summed E-state index contributed by atoms with van der Waals surface area (Å²) in [6.07, 6.45) is 11.9. The number of amides is 1. The molecule has 2 aliphatic rings. The Balaban J connectivity index is 0.00000432. The third-order valence-electron chi connectivity index (χ3n) is 10.2. The van der Waals surface area contributed by atoms with E-state index in [0.717, 1.165) is 46.4 Å². The predicted octanol–water partition coefficient (Wildman–Crippen LogP) is 10.5. The van der Waals surface area contributed by atoms with Gasteiger partial charge in [-0.25, -0.2) is 9.78 Å². The molecule has 0 spiro atoms. The lowest BCUT2D eigenvalue weighted by Gasteiger charge is -2.25. The van der Waals surface area contributed by atoms with E-state index in [9.17, 15) is 14.7 Å². The number of aromatic carboxylic acids is 1. The molecule has 2 aliphatic carbocycles. The second-order valence-electron chi connectivity index (χ2n) is 13.5. The number of aromatic nitrogens is 2. The molecule has 2 fully saturated rings. The van der Waals surface area contributed by atoms with Crippen molar-refractivity contribution in [1.82, 2.24) is 14.9 Å². The number of benzene rings is 4. The van der Waals surface area contributed by atoms with Crippen LogP contribution in [0.2, 0.25) is 5.02 Å². The minimum absolute atomic E-state index is 0. The van der Waals surface area contributed by atoms with Crippen LogP contribution in [0.4, 0.5) is 0 Å². The maximum Gasteiger partial charge on any atom is 0.335 e. The molecule has 9 heteroatoms. The molecule has 7 nitrogen and oxygen atoms in total. The third kappa shape index (κ3) is 8.00. The summed E-state index contributed by atoms with van der Waals surface area (Å²) in [7, 11) is 0. The van der Waals surface area contributed by atoms with E-state index in [1.54, 1.807) is 12.1 Å². The Morgan fingerprint density at radius 3 is 2.16 bits per heavy atom. The Labute approximate surface area is 304 Å². The van der Waals surface area contributed by atoms with Gasteiger partial charge in [-0.2, -0.15) is 0 Å². The van der Waals surface area contributed by atoms with Crippen LogP contribution in [-0.4, -0.2) is 33.1 Å². The molecule has 0 bridgehead atoms. The number of ether oxygens (including phenoxy) is 1. The second kappa shape index (κ2) is 16.1. The van der Waals surface area contributed by atoms with Gasteiger partial charge >= 0.3 is 5.97 Å². The van der Waals surface area contributed by atoms with E-state index in [4.69, 9.17) is 21.3 Å². The Kier molecular flexibility index (Phi) is 11.5. The van der Waals surface area contributed by atoms with Gasteiger partial charge in [-0.05, 0) is 115 Å². The smallest absolute Gasteiger partial charge is 0.335 e. The minimum atomic E-state index is -0.956. The quantitative estimate of drug-likeness (QED) is 0.150. The minimum Gasteiger partial charge on any atom is -0.489 e. The van der Waals surface area contributed by atoms with Crippen LogP contribution in [0.5, 0.6) is 5.75 Å². The SMILES string of the molecule is Cl.O=C(O)c1ccc2c(c1)nc(-c1ccc(OCc3cc(C(=O)NCC4CCCCC4)ccc3-c3ccc(Cl)cc3)cc1)n2C1CCCCC1. The summed E-state index contributed by atoms with van der Waals surface area (Å²) < 4.78 is 8.66. The zero-order valence-corrected chi connectivity index (χ0v) is 29.6. The maximum atomic E-state index is 13.2. The van der Waals surface area contributed by atoms with E-state index in [0.29, 0.717) is 40.4 Å². The number of carboxylic acid groups (broad SMARTS) is 1. The Morgan fingerprint density at radius 2 is 1.46 bits per heavy atom. The van der Waals surface area contributed by atoms with E-state index in [1.165, 1.54) is 51.4 Å². The molecule has 260 valence electrons. The highest BCUT2D eigenvalue weighted by molar-refractivity contribution is 6.30. The fraction of sp³-hybridized carbons (Fsp3) is 0.341. The van der Waals surface area contributed by atoms with Crippen molar-refractivity contribution in [3.8, 4) is 28.3 Å². The van der Waals surface area contributed by atoms with Crippen molar-refractivity contribution >= 4 is 46.9 Å². The topological polar surface area (TPSA) is 93.5 Å². The van der Waals surface area contributed by atoms with Crippen LogP contribution in [0.1, 0.15) is 96.5 Å². The molecule has 0 radical (unpaired) electrons. The van der Waals surface area contributed by atoms with Gasteiger partial charge in [0.25, 0.3) is 5.91 Å². The molecular weight excluding hydrogens is 669 g/mol. The fourth-order valence-electron chi connectivity index (χ4n) is 7.50. The van der Waals surface area contributed by atoms with Crippen molar-refractivity contribution < 1.29 is 19.4 Å². The number of imidazole rings is 1. The molecule has 0 aliphatic heterocycles. The zero-order valence-electron chi connectivity index (χ0n) is 28.1. The summed E-state index contributed by atoms with van der Waals surface area (Å²) in [6, 6.07) is 27.0. The van der Waals surface area contributed by atoms with Crippen LogP contribution in [0.25, 0.3) is 33.5 Å². The number of carbonyl (C=O) groups is 2. The average molecular weight is 713 g/mol. The van der Waals surface area contributed by atoms with Gasteiger partial charge in [0.2, 0.25) is 0 Å². The van der Waals surface area contributed by atoms with Gasteiger partial charge < -0.3 is 19.7 Å². The molecule has 1 aromatic heterocycles. The van der Waals surface area contributed by atoms with Crippen LogP contribution in [0, 0.1) is 5.92 Å². The van der Waals surface area contributed by atoms with Crippen molar-refractivity contribution in [3.63, 3.8) is 0 Å². The zero-order chi connectivity index (χ0) is 33.7. The van der Waals surface area contributed by atoms with Crippen LogP contribution in [-0.2, 0) is 6.61 Å². The van der Waals surface area contributed by atoms with Gasteiger partial charge in [-0.3, -0.25) is 4.79 Å². The van der Waals surface area contributed by atoms with Gasteiger partial charge in [0.1, 0.15) is 18.2 Å². The van der Waals surface area contributed by atoms with Crippen LogP contribution < -0.4 is 10.1 Å². The number of fused-ring (bicyclic) bond motifs is 1. The normalized spacial score (nSPS) is 15.4. The molecule has 0 unspecified atom stereocenters. The highest BCUT2D eigenvalue weighted by atomic mass is 35.5. The summed E-state index contributed by atoms with van der Waals surface area (Å²) in [5, 5.41) is 13.4. The first kappa shape index (κ1) is 35.5. The molecule has 2 N–H and O–H groups in total. The Hall–Kier alpha value is -4.33. The van der Waals surface area contributed by atoms with E-state index in [-0.39, 0.29) is 30.5 Å². The van der Waals surface area contributed by atoms with Gasteiger partial charge in [0.15, 0.2) is 0 Å². The Bertz CT molecular complexity index is 1940. The number of carboxylic acids is 1. The summed E-state index contributed by atoms with van der Waals surface area (Å²) in [6.45, 7) is 0.991. The van der Waals surface area contributed by atoms with Crippen LogP contribution >= 0.6 is 24.0 Å². The van der Waals surface area contributed by atoms with E-state index in [1.807, 2.05) is 72.8 Å². The standard InChI is InChI=1S/C41H42ClN3O4.ClH/c42-33-17-11-28(12-18-33)36-21-15-30(40(46)43-25-27-7-3-1-4-8-27)23-32(36)26-49-35-19-13-29(14-20-35)39-44-37-24-31(41(47)48)16-22-38(37)45(39)34-9-5-2-6-10-34;/h11-24,27,34H,1-10,25-26H2,(H,43,46)(H,47,48);1H. The van der Waals surface area contributed by atoms with E-state index < -0.39 is 5.97 Å². The van der Waals surface area contributed by atoms with Crippen molar-refractivity contribution in [1.29, 1.82) is 0 Å². The number of halogens is 2. The molecule has 0 atom stereocenters. The highest BCUT2D eigenvalue weighted by Gasteiger charge is 2.23. The van der Waals surface area contributed by atoms with E-state index in [2.05, 4.69) is 9.88 Å². The molecular formula is C41H43Cl2N3O4. The molecule has 5 aromatic rings. The molecule has 50 heavy (non-hydrogen) atoms. The summed E-state index contributed by atoms with van der Waals surface area (Å²) >= 11 is 6.19. The summed E-state index contributed by atoms with van der Waals surface area (Å²) in [5.41, 5.74) is 6.35. The highest BCUT2D eigenvalue weighted by Crippen LogP contribution is 2.37. The van der Waals surface area contributed by atoms with Crippen molar-refractivity contribution in [3.05, 3.63) is 107 Å². The first-order valence-corrected chi connectivity index (χ1v) is 18.0. The lowest BCUT2D eigenvalue weighted by molar-refractivity contribution is 0.0696. The molecule has 1 heterocycles. The predicted molar refractivity (Wildman–Crippen MR) is 202 cm³/mol. The van der Waals surface area contributed by atoms with Gasteiger partial charge in [-0.1, -0.05) is 68.3 Å². The van der Waals surface area contributed by atoms with Gasteiger partial charge in [0.05, 0.1) is 16.6 Å². The number of nitrogens with zero attached hydrogens (tertiary/aromatic N) is 2. The number of nitrogens with one attached hydrogen (secondary N) is 1. The first-order chi connectivity index (χ1) is 23.9. The molecule has 7 rings (SSSR count). The molecule has 0 saturated heterocycles. The first-order valence-electron chi connectivity index (χ1n) is 17.6. The second-order valence-corrected chi connectivity index (χ2v) is 13.9. The summed E-state index contributed by atoms with van der Waals surface area (Å²) in [4.78, 5) is 29.9. The lowest BCUT2D eigenvalue weighted by atomic mass is 9.89. The van der Waals surface area contributed by atoms with Crippen LogP contribution in [0.3, 0.4) is 0 Å². The number of hydrogen-bond acceptors (Lipinski definition) is 4. The third-order valence-corrected chi connectivity index (χ3v) is 10.4. The Morgan fingerprint density at radius 1 is 0.800 bits per heavy atom. The lowest BCUT2D eigenvalue weighted by Crippen LogP contribution is -2.30. The van der Waals surface area contributed by atoms with E-state index >= 15 is 0 Å². The number of hydrogen-bond donors (Lipinski definition) is 2. The maximum absolute atomic E-state index is 13.2. The van der Waals surface area contributed by atoms with Gasteiger partial charge in [-0.15, -0.1) is 12.4 Å². The number of rotatable bonds is 10. The number of carbonyl (C=O) groups excluding carboxylic acids is 1. The molecule has 1 amide bonds. The average Bonchev–Trinajstić information content (AvgIpc) is 3.53. The molecule has 2 saturated carbocycles. The van der Waals surface area contributed by atoms with Crippen molar-refractivity contribution in [2.75, 3.05) is 6.54 Å². The van der Waals surface area contributed by atoms with Gasteiger partial charge in [0, 0.05) is 28.7 Å². The van der Waals surface area contributed by atoms with Crippen molar-refractivity contribution in [2.45, 2.75) is 76.9 Å². The fourth-order valence-corrected chi connectivity index (χ4v) is 7.63. The van der Waals surface area contributed by atoms with Crippen LogP contribution in [0.15, 0.2) is 84.9 Å². The summed E-state index contributed by atoms with van der Waals surface area (Å²) in [5.74, 6) is 1.08. The van der Waals surface area contributed by atoms with Crippen molar-refractivity contribution in [2.24, 2.45) is 5.92 Å². The molecule has 4 aromatic carbocycles. The largest absolute Gasteiger partial charge is 0.489 e.